The largest absolute Gasteiger partial charge is 0.497 e. The van der Waals surface area contributed by atoms with Crippen molar-refractivity contribution in [1.29, 1.82) is 0 Å². The Morgan fingerprint density at radius 2 is 2.28 bits per heavy atom. The van der Waals surface area contributed by atoms with Crippen molar-refractivity contribution in [2.75, 3.05) is 25.3 Å². The third-order valence-electron chi connectivity index (χ3n) is 2.90. The van der Waals surface area contributed by atoms with E-state index in [1.54, 1.807) is 18.9 Å². The molecule has 1 aromatic rings. The molecule has 1 saturated heterocycles. The van der Waals surface area contributed by atoms with Gasteiger partial charge in [0.15, 0.2) is 0 Å². The Labute approximate surface area is 111 Å². The van der Waals surface area contributed by atoms with Crippen molar-refractivity contribution in [2.24, 2.45) is 0 Å². The van der Waals surface area contributed by atoms with Crippen LogP contribution in [0.15, 0.2) is 24.3 Å². The summed E-state index contributed by atoms with van der Waals surface area (Å²) in [7, 11) is 1.65. The topological polar surface area (TPSA) is 50.4 Å². The van der Waals surface area contributed by atoms with E-state index in [1.165, 1.54) is 5.56 Å². The fraction of sp³-hybridized carbons (Fsp3) is 0.462. The van der Waals surface area contributed by atoms with Gasteiger partial charge in [-0.1, -0.05) is 12.1 Å². The molecule has 98 valence electrons. The standard InChI is InChI=1S/C13H18N2O2S/c1-17-11-4-2-10(3-5-11)6-7-14-13(16)12-8-18-9-15-12/h2-5,12,15H,6-9H2,1H3,(H,14,16). The quantitative estimate of drug-likeness (QED) is 0.835. The van der Waals surface area contributed by atoms with Crippen molar-refractivity contribution in [3.63, 3.8) is 0 Å². The molecule has 2 N–H and O–H groups in total. The van der Waals surface area contributed by atoms with Crippen LogP contribution in [-0.2, 0) is 11.2 Å². The predicted molar refractivity (Wildman–Crippen MR) is 74.0 cm³/mol. The van der Waals surface area contributed by atoms with Crippen LogP contribution in [0, 0.1) is 0 Å². The van der Waals surface area contributed by atoms with Gasteiger partial charge in [-0.2, -0.15) is 0 Å². The molecule has 1 aliphatic heterocycles. The van der Waals surface area contributed by atoms with E-state index in [4.69, 9.17) is 4.74 Å². The highest BCUT2D eigenvalue weighted by atomic mass is 32.2. The molecule has 1 amide bonds. The number of hydrogen-bond donors (Lipinski definition) is 2. The van der Waals surface area contributed by atoms with Crippen molar-refractivity contribution in [2.45, 2.75) is 12.5 Å². The van der Waals surface area contributed by atoms with Crippen molar-refractivity contribution in [1.82, 2.24) is 10.6 Å². The molecule has 0 spiro atoms. The average Bonchev–Trinajstić information content (AvgIpc) is 2.93. The maximum atomic E-state index is 11.7. The molecular formula is C13H18N2O2S. The van der Waals surface area contributed by atoms with Gasteiger partial charge < -0.3 is 10.1 Å². The third kappa shape index (κ3) is 3.65. The minimum Gasteiger partial charge on any atom is -0.497 e. The van der Waals surface area contributed by atoms with Crippen LogP contribution < -0.4 is 15.4 Å². The molecule has 0 saturated carbocycles. The van der Waals surface area contributed by atoms with E-state index >= 15 is 0 Å². The molecule has 1 fully saturated rings. The number of nitrogens with one attached hydrogen (secondary N) is 2. The number of ether oxygens (including phenoxy) is 1. The summed E-state index contributed by atoms with van der Waals surface area (Å²) in [6.45, 7) is 0.675. The van der Waals surface area contributed by atoms with Gasteiger partial charge in [0.2, 0.25) is 5.91 Å². The number of carbonyl (C=O) groups is 1. The van der Waals surface area contributed by atoms with E-state index in [1.807, 2.05) is 24.3 Å². The number of amides is 1. The number of hydrogen-bond acceptors (Lipinski definition) is 4. The van der Waals surface area contributed by atoms with Crippen LogP contribution in [0.1, 0.15) is 5.56 Å². The van der Waals surface area contributed by atoms with Gasteiger partial charge in [-0.15, -0.1) is 11.8 Å². The van der Waals surface area contributed by atoms with E-state index in [9.17, 15) is 4.79 Å². The van der Waals surface area contributed by atoms with Crippen molar-refractivity contribution in [3.8, 4) is 5.75 Å². The third-order valence-corrected chi connectivity index (χ3v) is 3.84. The first kappa shape index (κ1) is 13.2. The molecule has 1 aromatic carbocycles. The summed E-state index contributed by atoms with van der Waals surface area (Å²) in [5.41, 5.74) is 1.20. The first-order chi connectivity index (χ1) is 8.79. The average molecular weight is 266 g/mol. The van der Waals surface area contributed by atoms with Crippen LogP contribution in [0.4, 0.5) is 0 Å². The first-order valence-electron chi connectivity index (χ1n) is 6.01. The molecular weight excluding hydrogens is 248 g/mol. The second-order valence-corrected chi connectivity index (χ2v) is 5.19. The molecule has 0 aromatic heterocycles. The Bertz CT molecular complexity index is 388. The second kappa shape index (κ2) is 6.66. The van der Waals surface area contributed by atoms with Gasteiger partial charge >= 0.3 is 0 Å². The second-order valence-electron chi connectivity index (χ2n) is 4.16. The molecule has 4 nitrogen and oxygen atoms in total. The van der Waals surface area contributed by atoms with Gasteiger partial charge in [0.1, 0.15) is 5.75 Å². The van der Waals surface area contributed by atoms with E-state index < -0.39 is 0 Å². The van der Waals surface area contributed by atoms with E-state index in [0.717, 1.165) is 23.8 Å². The molecule has 2 rings (SSSR count). The van der Waals surface area contributed by atoms with Crippen LogP contribution in [-0.4, -0.2) is 37.2 Å². The Morgan fingerprint density at radius 3 is 2.89 bits per heavy atom. The van der Waals surface area contributed by atoms with Crippen LogP contribution in [0.25, 0.3) is 0 Å². The summed E-state index contributed by atoms with van der Waals surface area (Å²) in [5, 5.41) is 6.11. The fourth-order valence-electron chi connectivity index (χ4n) is 1.81. The molecule has 1 aliphatic rings. The van der Waals surface area contributed by atoms with Crippen LogP contribution >= 0.6 is 11.8 Å². The summed E-state index contributed by atoms with van der Waals surface area (Å²) in [5.74, 6) is 2.70. The highest BCUT2D eigenvalue weighted by Crippen LogP contribution is 2.12. The zero-order valence-electron chi connectivity index (χ0n) is 10.4. The number of carbonyl (C=O) groups excluding carboxylic acids is 1. The zero-order valence-corrected chi connectivity index (χ0v) is 11.3. The van der Waals surface area contributed by atoms with Gasteiger partial charge in [-0.05, 0) is 24.1 Å². The van der Waals surface area contributed by atoms with E-state index in [0.29, 0.717) is 6.54 Å². The normalized spacial score (nSPS) is 18.6. The molecule has 0 radical (unpaired) electrons. The molecule has 18 heavy (non-hydrogen) atoms. The van der Waals surface area contributed by atoms with Crippen molar-refractivity contribution in [3.05, 3.63) is 29.8 Å². The van der Waals surface area contributed by atoms with Crippen LogP contribution in [0.5, 0.6) is 5.75 Å². The minimum absolute atomic E-state index is 0.0223. The zero-order chi connectivity index (χ0) is 12.8. The summed E-state index contributed by atoms with van der Waals surface area (Å²) in [6.07, 6.45) is 0.843. The highest BCUT2D eigenvalue weighted by Gasteiger charge is 2.21. The van der Waals surface area contributed by atoms with Gasteiger partial charge in [0, 0.05) is 18.2 Å². The highest BCUT2D eigenvalue weighted by molar-refractivity contribution is 7.99. The minimum atomic E-state index is -0.0223. The number of methoxy groups -OCH3 is 1. The van der Waals surface area contributed by atoms with E-state index in [-0.39, 0.29) is 11.9 Å². The molecule has 1 unspecified atom stereocenters. The molecule has 5 heteroatoms. The molecule has 0 bridgehead atoms. The Hall–Kier alpha value is -1.20. The smallest absolute Gasteiger partial charge is 0.238 e. The molecule has 0 aliphatic carbocycles. The number of thioether (sulfide) groups is 1. The molecule has 1 heterocycles. The predicted octanol–water partition coefficient (Wildman–Crippen LogP) is 1.02. The first-order valence-corrected chi connectivity index (χ1v) is 7.17. The fourth-order valence-corrected chi connectivity index (χ4v) is 2.75. The van der Waals surface area contributed by atoms with Gasteiger partial charge in [0.25, 0.3) is 0 Å². The maximum absolute atomic E-state index is 11.7. The summed E-state index contributed by atoms with van der Waals surface area (Å²) in [6, 6.07) is 7.90. The lowest BCUT2D eigenvalue weighted by molar-refractivity contribution is -0.122. The Morgan fingerprint density at radius 1 is 1.50 bits per heavy atom. The van der Waals surface area contributed by atoms with Crippen molar-refractivity contribution < 1.29 is 9.53 Å². The maximum Gasteiger partial charge on any atom is 0.238 e. The monoisotopic (exact) mass is 266 g/mol. The summed E-state index contributed by atoms with van der Waals surface area (Å²) < 4.78 is 5.10. The Balaban J connectivity index is 1.72. The van der Waals surface area contributed by atoms with Crippen LogP contribution in [0.3, 0.4) is 0 Å². The number of benzene rings is 1. The van der Waals surface area contributed by atoms with Crippen molar-refractivity contribution >= 4 is 17.7 Å². The Kier molecular flexibility index (Phi) is 4.90. The van der Waals surface area contributed by atoms with Gasteiger partial charge in [-0.3, -0.25) is 10.1 Å². The molecule has 1 atom stereocenters. The lowest BCUT2D eigenvalue weighted by Gasteiger charge is -2.10. The van der Waals surface area contributed by atoms with Crippen LogP contribution in [0.2, 0.25) is 0 Å². The van der Waals surface area contributed by atoms with Gasteiger partial charge in [-0.25, -0.2) is 0 Å². The lowest BCUT2D eigenvalue weighted by Crippen LogP contribution is -2.42. The van der Waals surface area contributed by atoms with E-state index in [2.05, 4.69) is 10.6 Å². The lowest BCUT2D eigenvalue weighted by atomic mass is 10.1. The van der Waals surface area contributed by atoms with Gasteiger partial charge in [0.05, 0.1) is 13.2 Å². The summed E-state index contributed by atoms with van der Waals surface area (Å²) >= 11 is 1.76. The summed E-state index contributed by atoms with van der Waals surface area (Å²) in [4.78, 5) is 11.7. The SMILES string of the molecule is COc1ccc(CCNC(=O)C2CSCN2)cc1. The number of rotatable bonds is 5.